The van der Waals surface area contributed by atoms with E-state index in [2.05, 4.69) is 26.7 Å². The van der Waals surface area contributed by atoms with Crippen molar-refractivity contribution in [2.75, 3.05) is 24.3 Å². The molecular weight excluding hydrogens is 366 g/mol. The molecule has 0 fully saturated rings. The number of hydrogen-bond donors (Lipinski definition) is 2. The molecule has 2 N–H and O–H groups in total. The molecule has 0 radical (unpaired) electrons. The Hall–Kier alpha value is -3.66. The molecule has 0 spiro atoms. The molecule has 7 nitrogen and oxygen atoms in total. The largest absolute Gasteiger partial charge is 0.495 e. The summed E-state index contributed by atoms with van der Waals surface area (Å²) in [6.07, 6.45) is 1.42. The lowest BCUT2D eigenvalue weighted by molar-refractivity contribution is -0.114. The van der Waals surface area contributed by atoms with E-state index in [9.17, 15) is 10.1 Å². The molecule has 3 aromatic rings. The van der Waals surface area contributed by atoms with Crippen LogP contribution in [-0.4, -0.2) is 29.5 Å². The predicted molar refractivity (Wildman–Crippen MR) is 114 cm³/mol. The predicted octanol–water partition coefficient (Wildman–Crippen LogP) is 4.23. The van der Waals surface area contributed by atoms with Crippen molar-refractivity contribution < 1.29 is 9.53 Å². The van der Waals surface area contributed by atoms with E-state index in [0.717, 1.165) is 22.0 Å². The third-order valence-electron chi connectivity index (χ3n) is 4.48. The lowest BCUT2D eigenvalue weighted by atomic mass is 9.95. The van der Waals surface area contributed by atoms with E-state index in [1.165, 1.54) is 13.3 Å². The highest BCUT2D eigenvalue weighted by Crippen LogP contribution is 2.36. The topological polar surface area (TPSA) is 99.9 Å². The van der Waals surface area contributed by atoms with Crippen LogP contribution in [0.4, 0.5) is 11.5 Å². The highest BCUT2D eigenvalue weighted by molar-refractivity contribution is 5.99. The van der Waals surface area contributed by atoms with Gasteiger partial charge < -0.3 is 15.4 Å². The molecule has 7 heteroatoms. The fourth-order valence-electron chi connectivity index (χ4n) is 2.92. The van der Waals surface area contributed by atoms with Crippen LogP contribution in [0, 0.1) is 16.7 Å². The maximum atomic E-state index is 11.3. The number of amides is 1. The third kappa shape index (κ3) is 4.61. The van der Waals surface area contributed by atoms with Crippen molar-refractivity contribution >= 4 is 28.2 Å². The van der Waals surface area contributed by atoms with Crippen molar-refractivity contribution in [1.82, 2.24) is 9.97 Å². The summed E-state index contributed by atoms with van der Waals surface area (Å²) in [6, 6.07) is 13.9. The Balaban J connectivity index is 2.07. The molecule has 148 valence electrons. The van der Waals surface area contributed by atoms with Gasteiger partial charge in [-0.05, 0) is 31.4 Å². The maximum absolute atomic E-state index is 11.3. The molecule has 1 amide bonds. The van der Waals surface area contributed by atoms with Gasteiger partial charge in [-0.2, -0.15) is 5.26 Å². The first-order valence-corrected chi connectivity index (χ1v) is 9.19. The molecule has 2 aromatic carbocycles. The molecule has 0 saturated carbocycles. The molecule has 29 heavy (non-hydrogen) atoms. The van der Waals surface area contributed by atoms with Gasteiger partial charge in [0.15, 0.2) is 0 Å². The average molecular weight is 389 g/mol. The number of nitrogens with one attached hydrogen (secondary N) is 2. The number of hydrogen-bond acceptors (Lipinski definition) is 6. The molecule has 0 aliphatic heterocycles. The first kappa shape index (κ1) is 20.1. The zero-order valence-electron chi connectivity index (χ0n) is 16.9. The zero-order chi connectivity index (χ0) is 21.0. The Bertz CT molecular complexity index is 1100. The smallest absolute Gasteiger partial charge is 0.222 e. The number of benzene rings is 2. The minimum Gasteiger partial charge on any atom is -0.495 e. The van der Waals surface area contributed by atoms with Crippen molar-refractivity contribution in [3.63, 3.8) is 0 Å². The van der Waals surface area contributed by atoms with E-state index in [-0.39, 0.29) is 5.91 Å². The zero-order valence-corrected chi connectivity index (χ0v) is 16.9. The van der Waals surface area contributed by atoms with E-state index < -0.39 is 5.41 Å². The van der Waals surface area contributed by atoms with Crippen LogP contribution < -0.4 is 15.4 Å². The average Bonchev–Trinajstić information content (AvgIpc) is 2.71. The molecule has 3 rings (SSSR count). The van der Waals surface area contributed by atoms with Gasteiger partial charge in [0, 0.05) is 30.5 Å². The SMILES string of the molecule is COc1ccc2ccc(-c3cc(NC(C)=O)ncn3)cc2c1NCC(C)(C)C#N. The number of aromatic nitrogens is 2. The first-order chi connectivity index (χ1) is 13.8. The normalized spacial score (nSPS) is 11.0. The summed E-state index contributed by atoms with van der Waals surface area (Å²) >= 11 is 0. The Labute approximate surface area is 169 Å². The van der Waals surface area contributed by atoms with Crippen LogP contribution in [0.5, 0.6) is 5.75 Å². The van der Waals surface area contributed by atoms with E-state index in [1.54, 1.807) is 13.2 Å². The second-order valence-corrected chi connectivity index (χ2v) is 7.40. The Morgan fingerprint density at radius 2 is 1.97 bits per heavy atom. The molecule has 0 aliphatic rings. The fraction of sp³-hybridized carbons (Fsp3) is 0.273. The van der Waals surface area contributed by atoms with Gasteiger partial charge in [0.1, 0.15) is 17.9 Å². The summed E-state index contributed by atoms with van der Waals surface area (Å²) in [7, 11) is 1.62. The standard InChI is InChI=1S/C22H23N5O2/c1-14(28)27-20-10-18(25-13-26-20)16-6-5-15-7-8-19(29-4)21(17(15)9-16)24-12-22(2,3)11-23/h5-10,13,24H,12H2,1-4H3,(H,25,26,27,28). The van der Waals surface area contributed by atoms with E-state index in [1.807, 2.05) is 44.2 Å². The molecule has 0 unspecified atom stereocenters. The van der Waals surface area contributed by atoms with Gasteiger partial charge in [-0.25, -0.2) is 9.97 Å². The van der Waals surface area contributed by atoms with Gasteiger partial charge >= 0.3 is 0 Å². The lowest BCUT2D eigenvalue weighted by Gasteiger charge is -2.20. The van der Waals surface area contributed by atoms with Crippen LogP contribution in [-0.2, 0) is 4.79 Å². The Morgan fingerprint density at radius 1 is 1.21 bits per heavy atom. The Morgan fingerprint density at radius 3 is 2.66 bits per heavy atom. The van der Waals surface area contributed by atoms with Crippen LogP contribution in [0.25, 0.3) is 22.0 Å². The molecule has 1 aromatic heterocycles. The highest BCUT2D eigenvalue weighted by atomic mass is 16.5. The number of rotatable bonds is 6. The van der Waals surface area contributed by atoms with Gasteiger partial charge in [0.2, 0.25) is 5.91 Å². The molecule has 0 bridgehead atoms. The van der Waals surface area contributed by atoms with Gasteiger partial charge in [-0.15, -0.1) is 0 Å². The van der Waals surface area contributed by atoms with Gasteiger partial charge in [-0.1, -0.05) is 18.2 Å². The molecule has 0 aliphatic carbocycles. The third-order valence-corrected chi connectivity index (χ3v) is 4.48. The fourth-order valence-corrected chi connectivity index (χ4v) is 2.92. The number of carbonyl (C=O) groups excluding carboxylic acids is 1. The van der Waals surface area contributed by atoms with Crippen LogP contribution >= 0.6 is 0 Å². The summed E-state index contributed by atoms with van der Waals surface area (Å²) in [6.45, 7) is 5.68. The minimum atomic E-state index is -0.523. The second kappa shape index (κ2) is 8.15. The van der Waals surface area contributed by atoms with Crippen LogP contribution in [0.2, 0.25) is 0 Å². The van der Waals surface area contributed by atoms with Crippen molar-refractivity contribution in [2.45, 2.75) is 20.8 Å². The van der Waals surface area contributed by atoms with Crippen LogP contribution in [0.3, 0.4) is 0 Å². The van der Waals surface area contributed by atoms with Crippen LogP contribution in [0.1, 0.15) is 20.8 Å². The van der Waals surface area contributed by atoms with Crippen molar-refractivity contribution in [3.8, 4) is 23.1 Å². The van der Waals surface area contributed by atoms with Crippen molar-refractivity contribution in [1.29, 1.82) is 5.26 Å². The quantitative estimate of drug-likeness (QED) is 0.654. The second-order valence-electron chi connectivity index (χ2n) is 7.40. The number of methoxy groups -OCH3 is 1. The summed E-state index contributed by atoms with van der Waals surface area (Å²) < 4.78 is 5.54. The molecule has 1 heterocycles. The van der Waals surface area contributed by atoms with Crippen molar-refractivity contribution in [2.24, 2.45) is 5.41 Å². The number of fused-ring (bicyclic) bond motifs is 1. The number of nitrogens with zero attached hydrogens (tertiary/aromatic N) is 3. The Kier molecular flexibility index (Phi) is 5.64. The highest BCUT2D eigenvalue weighted by Gasteiger charge is 2.18. The summed E-state index contributed by atoms with van der Waals surface area (Å²) in [5.41, 5.74) is 1.87. The summed E-state index contributed by atoms with van der Waals surface area (Å²) in [5.74, 6) is 0.955. The molecule has 0 atom stereocenters. The lowest BCUT2D eigenvalue weighted by Crippen LogP contribution is -2.21. The number of anilines is 2. The molecular formula is C22H23N5O2. The summed E-state index contributed by atoms with van der Waals surface area (Å²) in [4.78, 5) is 19.7. The molecule has 0 saturated heterocycles. The van der Waals surface area contributed by atoms with Gasteiger partial charge in [0.05, 0.1) is 30.0 Å². The van der Waals surface area contributed by atoms with Crippen LogP contribution in [0.15, 0.2) is 42.7 Å². The maximum Gasteiger partial charge on any atom is 0.222 e. The monoisotopic (exact) mass is 389 g/mol. The first-order valence-electron chi connectivity index (χ1n) is 9.19. The van der Waals surface area contributed by atoms with E-state index >= 15 is 0 Å². The minimum absolute atomic E-state index is 0.190. The van der Waals surface area contributed by atoms with Gasteiger partial charge in [-0.3, -0.25) is 4.79 Å². The number of carbonyl (C=O) groups is 1. The van der Waals surface area contributed by atoms with Gasteiger partial charge in [0.25, 0.3) is 0 Å². The van der Waals surface area contributed by atoms with E-state index in [4.69, 9.17) is 4.74 Å². The summed E-state index contributed by atoms with van der Waals surface area (Å²) in [5, 5.41) is 17.4. The number of ether oxygens (including phenoxy) is 1. The van der Waals surface area contributed by atoms with E-state index in [0.29, 0.717) is 23.8 Å². The van der Waals surface area contributed by atoms with Crippen molar-refractivity contribution in [3.05, 3.63) is 42.7 Å². The number of nitriles is 1.